The number of carbonyl (C=O) groups is 1. The van der Waals surface area contributed by atoms with Gasteiger partial charge in [0.2, 0.25) is 6.54 Å². The van der Waals surface area contributed by atoms with E-state index in [4.69, 9.17) is 0 Å². The molecule has 4 rings (SSSR count). The molecule has 4 aromatic rings. The molecule has 0 fully saturated rings. The zero-order valence-corrected chi connectivity index (χ0v) is 18.0. The van der Waals surface area contributed by atoms with Gasteiger partial charge in [-0.05, 0) is 42.5 Å². The fourth-order valence-electron chi connectivity index (χ4n) is 2.97. The molecule has 2 heterocycles. The van der Waals surface area contributed by atoms with Crippen molar-refractivity contribution in [1.82, 2.24) is 15.0 Å². The lowest BCUT2D eigenvalue weighted by Crippen LogP contribution is -3.00. The van der Waals surface area contributed by atoms with Gasteiger partial charge in [0.25, 0.3) is 11.5 Å². The average molecular weight is 487 g/mol. The van der Waals surface area contributed by atoms with Gasteiger partial charge in [0.15, 0.2) is 12.4 Å². The first-order chi connectivity index (χ1) is 14.1. The lowest BCUT2D eigenvalue weighted by molar-refractivity contribution is -0.684. The molecule has 0 saturated carbocycles. The Labute approximate surface area is 186 Å². The second-order valence-electron chi connectivity index (χ2n) is 6.51. The summed E-state index contributed by atoms with van der Waals surface area (Å²) < 4.78 is 4.04. The van der Waals surface area contributed by atoms with Gasteiger partial charge in [-0.2, -0.15) is 4.57 Å². The fraction of sp³-hybridized carbons (Fsp3) is 0.0952. The molecule has 0 spiro atoms. The molecule has 2 aromatic heterocycles. The van der Waals surface area contributed by atoms with Gasteiger partial charge < -0.3 is 17.7 Å². The van der Waals surface area contributed by atoms with E-state index < -0.39 is 0 Å². The number of anilines is 1. The number of fused-ring (bicyclic) bond motifs is 1. The minimum absolute atomic E-state index is 0. The number of amides is 1. The molecule has 152 valence electrons. The first-order valence-electron chi connectivity index (χ1n) is 8.94. The zero-order valence-electron chi connectivity index (χ0n) is 15.7. The number of nitrogens with one attached hydrogen (secondary N) is 1. The second kappa shape index (κ2) is 9.60. The van der Waals surface area contributed by atoms with Crippen molar-refractivity contribution < 1.29 is 21.8 Å². The standard InChI is InChI=1S/C21H16BrN5O2.ClH/c22-16-7-9-17(10-8-16)23-20(28)14-26-11-3-4-15(12-26)13-27-21(29)18-5-1-2-6-19(18)24-25-27;/h1-12H,13-14H2;1H. The summed E-state index contributed by atoms with van der Waals surface area (Å²) >= 11 is 3.37. The number of hydrogen-bond donors (Lipinski definition) is 1. The summed E-state index contributed by atoms with van der Waals surface area (Å²) in [5.74, 6) is -0.142. The Morgan fingerprint density at radius 3 is 2.63 bits per heavy atom. The topological polar surface area (TPSA) is 80.8 Å². The molecular formula is C21H17BrClN5O2. The van der Waals surface area contributed by atoms with Crippen molar-refractivity contribution in [2.24, 2.45) is 0 Å². The van der Waals surface area contributed by atoms with Gasteiger partial charge in [-0.1, -0.05) is 33.3 Å². The molecule has 0 aliphatic heterocycles. The summed E-state index contributed by atoms with van der Waals surface area (Å²) in [6, 6.07) is 18.2. The maximum absolute atomic E-state index is 12.6. The van der Waals surface area contributed by atoms with E-state index in [1.165, 1.54) is 4.68 Å². The van der Waals surface area contributed by atoms with E-state index in [1.54, 1.807) is 29.0 Å². The molecule has 0 aliphatic rings. The van der Waals surface area contributed by atoms with Gasteiger partial charge >= 0.3 is 0 Å². The van der Waals surface area contributed by atoms with Crippen LogP contribution in [-0.2, 0) is 17.9 Å². The molecule has 0 radical (unpaired) electrons. The lowest BCUT2D eigenvalue weighted by Gasteiger charge is -2.05. The number of nitrogens with zero attached hydrogens (tertiary/aromatic N) is 4. The molecule has 1 N–H and O–H groups in total. The first-order valence-corrected chi connectivity index (χ1v) is 9.74. The smallest absolute Gasteiger partial charge is 0.290 e. The van der Waals surface area contributed by atoms with Crippen LogP contribution in [0.25, 0.3) is 10.9 Å². The zero-order chi connectivity index (χ0) is 20.2. The van der Waals surface area contributed by atoms with Gasteiger partial charge in [-0.3, -0.25) is 9.59 Å². The molecule has 1 amide bonds. The first kappa shape index (κ1) is 21.6. The number of benzene rings is 2. The third-order valence-electron chi connectivity index (χ3n) is 4.34. The number of hydrogen-bond acceptors (Lipinski definition) is 4. The van der Waals surface area contributed by atoms with Crippen molar-refractivity contribution in [3.8, 4) is 0 Å². The van der Waals surface area contributed by atoms with Crippen LogP contribution in [0, 0.1) is 0 Å². The normalized spacial score (nSPS) is 10.4. The van der Waals surface area contributed by atoms with Crippen molar-refractivity contribution in [3.05, 3.63) is 93.4 Å². The van der Waals surface area contributed by atoms with Gasteiger partial charge in [0, 0.05) is 21.8 Å². The minimum Gasteiger partial charge on any atom is -1.00 e. The molecule has 0 atom stereocenters. The molecule has 2 aromatic carbocycles. The number of carbonyl (C=O) groups excluding carboxylic acids is 1. The Bertz CT molecular complexity index is 1240. The molecule has 9 heteroatoms. The van der Waals surface area contributed by atoms with Crippen LogP contribution in [0.15, 0.2) is 82.3 Å². The highest BCUT2D eigenvalue weighted by Gasteiger charge is 2.12. The van der Waals surface area contributed by atoms with Crippen LogP contribution in [0.4, 0.5) is 5.69 Å². The van der Waals surface area contributed by atoms with E-state index >= 15 is 0 Å². The van der Waals surface area contributed by atoms with Crippen molar-refractivity contribution in [1.29, 1.82) is 0 Å². The van der Waals surface area contributed by atoms with Crippen LogP contribution >= 0.6 is 15.9 Å². The largest absolute Gasteiger partial charge is 1.00 e. The van der Waals surface area contributed by atoms with Gasteiger partial charge in [0.1, 0.15) is 5.52 Å². The number of pyridine rings is 1. The monoisotopic (exact) mass is 485 g/mol. The Hall–Kier alpha value is -3.10. The van der Waals surface area contributed by atoms with E-state index in [9.17, 15) is 9.59 Å². The quantitative estimate of drug-likeness (QED) is 0.387. The SMILES string of the molecule is O=C(C[n+]1cccc(Cn2nnc3ccccc3c2=O)c1)Nc1ccc(Br)cc1.[Cl-]. The molecule has 30 heavy (non-hydrogen) atoms. The van der Waals surface area contributed by atoms with Crippen LogP contribution < -0.4 is 27.9 Å². The summed E-state index contributed by atoms with van der Waals surface area (Å²) in [4.78, 5) is 24.9. The average Bonchev–Trinajstić information content (AvgIpc) is 2.72. The van der Waals surface area contributed by atoms with Crippen LogP contribution in [0.3, 0.4) is 0 Å². The van der Waals surface area contributed by atoms with E-state index in [-0.39, 0.29) is 37.0 Å². The van der Waals surface area contributed by atoms with Crippen LogP contribution in [-0.4, -0.2) is 20.9 Å². The second-order valence-corrected chi connectivity index (χ2v) is 7.42. The van der Waals surface area contributed by atoms with Crippen molar-refractivity contribution in [3.63, 3.8) is 0 Å². The highest BCUT2D eigenvalue weighted by Crippen LogP contribution is 2.13. The molecule has 0 aliphatic carbocycles. The number of aromatic nitrogens is 4. The highest BCUT2D eigenvalue weighted by atomic mass is 79.9. The van der Waals surface area contributed by atoms with Crippen LogP contribution in [0.2, 0.25) is 0 Å². The van der Waals surface area contributed by atoms with Gasteiger partial charge in [-0.15, -0.1) is 5.10 Å². The Kier molecular flexibility index (Phi) is 6.91. The highest BCUT2D eigenvalue weighted by molar-refractivity contribution is 9.10. The lowest BCUT2D eigenvalue weighted by atomic mass is 10.2. The van der Waals surface area contributed by atoms with Crippen molar-refractivity contribution in [2.45, 2.75) is 13.1 Å². The van der Waals surface area contributed by atoms with E-state index in [0.29, 0.717) is 10.9 Å². The Morgan fingerprint density at radius 1 is 1.07 bits per heavy atom. The molecule has 0 saturated heterocycles. The predicted molar refractivity (Wildman–Crippen MR) is 112 cm³/mol. The molecule has 0 bridgehead atoms. The van der Waals surface area contributed by atoms with Crippen LogP contribution in [0.5, 0.6) is 0 Å². The molecule has 0 unspecified atom stereocenters. The maximum Gasteiger partial charge on any atom is 0.290 e. The van der Waals surface area contributed by atoms with E-state index in [2.05, 4.69) is 31.6 Å². The van der Waals surface area contributed by atoms with Gasteiger partial charge in [0.05, 0.1) is 11.9 Å². The Morgan fingerprint density at radius 2 is 1.83 bits per heavy atom. The maximum atomic E-state index is 12.6. The summed E-state index contributed by atoms with van der Waals surface area (Å²) in [6.45, 7) is 0.425. The van der Waals surface area contributed by atoms with Gasteiger partial charge in [-0.25, -0.2) is 4.68 Å². The summed E-state index contributed by atoms with van der Waals surface area (Å²) in [7, 11) is 0. The van der Waals surface area contributed by atoms with Crippen molar-refractivity contribution >= 4 is 38.4 Å². The van der Waals surface area contributed by atoms with E-state index in [0.717, 1.165) is 15.7 Å². The summed E-state index contributed by atoms with van der Waals surface area (Å²) in [6.07, 6.45) is 3.63. The molecular weight excluding hydrogens is 470 g/mol. The van der Waals surface area contributed by atoms with Crippen LogP contribution in [0.1, 0.15) is 5.56 Å². The number of halogens is 2. The minimum atomic E-state index is -0.195. The van der Waals surface area contributed by atoms with E-state index in [1.807, 2.05) is 48.7 Å². The van der Waals surface area contributed by atoms with Crippen molar-refractivity contribution in [2.75, 3.05) is 5.32 Å². The summed E-state index contributed by atoms with van der Waals surface area (Å²) in [5, 5.41) is 11.5. The fourth-order valence-corrected chi connectivity index (χ4v) is 3.23. The third kappa shape index (κ3) is 5.08. The molecule has 7 nitrogen and oxygen atoms in total. The predicted octanol–water partition coefficient (Wildman–Crippen LogP) is -0.468. The Balaban J connectivity index is 0.00000256. The summed E-state index contributed by atoms with van der Waals surface area (Å²) in [5.41, 5.74) is 1.95. The number of rotatable bonds is 5. The third-order valence-corrected chi connectivity index (χ3v) is 4.86.